The van der Waals surface area contributed by atoms with Gasteiger partial charge in [-0.05, 0) is 24.6 Å². The van der Waals surface area contributed by atoms with Crippen LogP contribution in [0.3, 0.4) is 0 Å². The number of benzene rings is 1. The van der Waals surface area contributed by atoms with Crippen LogP contribution in [-0.4, -0.2) is 10.9 Å². The highest BCUT2D eigenvalue weighted by Gasteiger charge is 2.18. The van der Waals surface area contributed by atoms with Crippen LogP contribution in [0.15, 0.2) is 18.2 Å². The summed E-state index contributed by atoms with van der Waals surface area (Å²) >= 11 is 3.08. The summed E-state index contributed by atoms with van der Waals surface area (Å²) in [6.07, 6.45) is -2.75. The van der Waals surface area contributed by atoms with Crippen molar-refractivity contribution in [2.45, 2.75) is 18.2 Å². The lowest BCUT2D eigenvalue weighted by Gasteiger charge is -2.09. The molecule has 2 nitrogen and oxygen atoms in total. The van der Waals surface area contributed by atoms with Crippen LogP contribution < -0.4 is 0 Å². The molecule has 1 rings (SSSR count). The molecule has 0 aliphatic carbocycles. The predicted molar refractivity (Wildman–Crippen MR) is 55.4 cm³/mol. The molecule has 0 amide bonds. The molecule has 0 saturated heterocycles. The molecule has 15 heavy (non-hydrogen) atoms. The summed E-state index contributed by atoms with van der Waals surface area (Å²) in [5, 5.41) is 9.15. The molecule has 1 aromatic carbocycles. The molecule has 0 aliphatic heterocycles. The zero-order valence-corrected chi connectivity index (χ0v) is 9.46. The Balaban J connectivity index is 3.13. The standard InChI is InChI=1S/C10H9BrF2O2/c1-5(14)9(11)6-2-3-8(15)7(4-6)10(12)13/h2-4,9-10,15H,1H3. The van der Waals surface area contributed by atoms with Gasteiger partial charge in [0.25, 0.3) is 6.43 Å². The van der Waals surface area contributed by atoms with Crippen LogP contribution in [-0.2, 0) is 4.79 Å². The highest BCUT2D eigenvalue weighted by molar-refractivity contribution is 9.09. The van der Waals surface area contributed by atoms with Crippen LogP contribution in [0.1, 0.15) is 29.3 Å². The zero-order chi connectivity index (χ0) is 11.6. The van der Waals surface area contributed by atoms with Crippen molar-refractivity contribution in [1.29, 1.82) is 0 Å². The Morgan fingerprint density at radius 1 is 1.47 bits per heavy atom. The van der Waals surface area contributed by atoms with Gasteiger partial charge in [0.1, 0.15) is 11.5 Å². The highest BCUT2D eigenvalue weighted by Crippen LogP contribution is 2.33. The zero-order valence-electron chi connectivity index (χ0n) is 7.88. The second kappa shape index (κ2) is 4.70. The first-order valence-electron chi connectivity index (χ1n) is 4.19. The van der Waals surface area contributed by atoms with Crippen LogP contribution in [0.2, 0.25) is 0 Å². The van der Waals surface area contributed by atoms with Crippen molar-refractivity contribution in [2.24, 2.45) is 0 Å². The predicted octanol–water partition coefficient (Wildman–Crippen LogP) is 3.35. The SMILES string of the molecule is CC(=O)C(Br)c1ccc(O)c(C(F)F)c1. The van der Waals surface area contributed by atoms with Crippen LogP contribution >= 0.6 is 15.9 Å². The van der Waals surface area contributed by atoms with Crippen LogP contribution in [0.25, 0.3) is 0 Å². The van der Waals surface area contributed by atoms with Crippen molar-refractivity contribution in [1.82, 2.24) is 0 Å². The normalized spacial score (nSPS) is 12.9. The van der Waals surface area contributed by atoms with Gasteiger partial charge in [0.05, 0.1) is 10.4 Å². The van der Waals surface area contributed by atoms with E-state index in [4.69, 9.17) is 5.11 Å². The fourth-order valence-electron chi connectivity index (χ4n) is 1.14. The molecule has 1 atom stereocenters. The summed E-state index contributed by atoms with van der Waals surface area (Å²) in [5.74, 6) is -0.641. The largest absolute Gasteiger partial charge is 0.507 e. The van der Waals surface area contributed by atoms with E-state index < -0.39 is 22.6 Å². The van der Waals surface area contributed by atoms with Gasteiger partial charge >= 0.3 is 0 Å². The lowest BCUT2D eigenvalue weighted by Crippen LogP contribution is -2.01. The molecule has 0 saturated carbocycles. The first-order valence-corrected chi connectivity index (χ1v) is 5.10. The third kappa shape index (κ3) is 2.75. The van der Waals surface area contributed by atoms with E-state index in [1.165, 1.54) is 13.0 Å². The average molecular weight is 279 g/mol. The number of hydrogen-bond acceptors (Lipinski definition) is 2. The van der Waals surface area contributed by atoms with Crippen molar-refractivity contribution in [3.63, 3.8) is 0 Å². The van der Waals surface area contributed by atoms with Gasteiger partial charge in [-0.15, -0.1) is 0 Å². The third-order valence-electron chi connectivity index (χ3n) is 1.94. The van der Waals surface area contributed by atoms with E-state index in [2.05, 4.69) is 15.9 Å². The van der Waals surface area contributed by atoms with Crippen molar-refractivity contribution in [3.05, 3.63) is 29.3 Å². The fourth-order valence-corrected chi connectivity index (χ4v) is 1.42. The summed E-state index contributed by atoms with van der Waals surface area (Å²) in [6, 6.07) is 3.72. The number of ketones is 1. The smallest absolute Gasteiger partial charge is 0.267 e. The maximum atomic E-state index is 12.4. The second-order valence-electron chi connectivity index (χ2n) is 3.09. The van der Waals surface area contributed by atoms with Crippen molar-refractivity contribution >= 4 is 21.7 Å². The van der Waals surface area contributed by atoms with E-state index in [0.29, 0.717) is 5.56 Å². The molecule has 0 spiro atoms. The van der Waals surface area contributed by atoms with Gasteiger partial charge in [-0.3, -0.25) is 4.79 Å². The van der Waals surface area contributed by atoms with Gasteiger partial charge in [-0.25, -0.2) is 8.78 Å². The molecule has 82 valence electrons. The van der Waals surface area contributed by atoms with Gasteiger partial charge in [-0.2, -0.15) is 0 Å². The minimum atomic E-state index is -2.75. The number of Topliss-reactive ketones (excluding diaryl/α,β-unsaturated/α-hetero) is 1. The number of carbonyl (C=O) groups excluding carboxylic acids is 1. The first kappa shape index (κ1) is 12.1. The molecule has 5 heteroatoms. The monoisotopic (exact) mass is 278 g/mol. The van der Waals surface area contributed by atoms with Crippen molar-refractivity contribution < 1.29 is 18.7 Å². The molecule has 0 aliphatic rings. The summed E-state index contributed by atoms with van der Waals surface area (Å²) in [5.41, 5.74) is -0.0474. The molecule has 0 fully saturated rings. The highest BCUT2D eigenvalue weighted by atomic mass is 79.9. The van der Waals surface area contributed by atoms with Crippen molar-refractivity contribution in [3.8, 4) is 5.75 Å². The van der Waals surface area contributed by atoms with E-state index in [1.807, 2.05) is 0 Å². The molecular formula is C10H9BrF2O2. The summed E-state index contributed by atoms with van der Waals surface area (Å²) in [4.78, 5) is 10.4. The molecule has 1 aromatic rings. The van der Waals surface area contributed by atoms with E-state index in [1.54, 1.807) is 0 Å². The van der Waals surface area contributed by atoms with E-state index in [-0.39, 0.29) is 5.78 Å². The number of phenolic OH excluding ortho intramolecular Hbond substituents is 1. The summed E-state index contributed by atoms with van der Waals surface area (Å²) in [6.45, 7) is 1.36. The number of halogens is 3. The number of carbonyl (C=O) groups is 1. The Kier molecular flexibility index (Phi) is 3.79. The molecule has 1 unspecified atom stereocenters. The first-order chi connectivity index (χ1) is 6.93. The van der Waals surface area contributed by atoms with Crippen LogP contribution in [0, 0.1) is 0 Å². The van der Waals surface area contributed by atoms with Crippen LogP contribution in [0.4, 0.5) is 8.78 Å². The average Bonchev–Trinajstić information content (AvgIpc) is 2.16. The number of alkyl halides is 3. The van der Waals surface area contributed by atoms with Crippen LogP contribution in [0.5, 0.6) is 5.75 Å². The summed E-state index contributed by atoms with van der Waals surface area (Å²) < 4.78 is 24.8. The molecule has 1 N–H and O–H groups in total. The molecule has 0 heterocycles. The minimum Gasteiger partial charge on any atom is -0.507 e. The number of hydrogen-bond donors (Lipinski definition) is 1. The van der Waals surface area contributed by atoms with E-state index in [9.17, 15) is 13.6 Å². The second-order valence-corrected chi connectivity index (χ2v) is 4.01. The lowest BCUT2D eigenvalue weighted by molar-refractivity contribution is -0.116. The Hall–Kier alpha value is -0.970. The molecule has 0 bridgehead atoms. The Labute approximate surface area is 94.0 Å². The number of rotatable bonds is 3. The topological polar surface area (TPSA) is 37.3 Å². The van der Waals surface area contributed by atoms with Gasteiger partial charge in [0.15, 0.2) is 0 Å². The number of aromatic hydroxyl groups is 1. The van der Waals surface area contributed by atoms with Gasteiger partial charge in [0.2, 0.25) is 0 Å². The summed E-state index contributed by atoms with van der Waals surface area (Å²) in [7, 11) is 0. The Bertz CT molecular complexity index is 380. The van der Waals surface area contributed by atoms with Crippen molar-refractivity contribution in [2.75, 3.05) is 0 Å². The van der Waals surface area contributed by atoms with E-state index in [0.717, 1.165) is 12.1 Å². The van der Waals surface area contributed by atoms with Gasteiger partial charge in [-0.1, -0.05) is 22.0 Å². The third-order valence-corrected chi connectivity index (χ3v) is 3.11. The quantitative estimate of drug-likeness (QED) is 0.861. The van der Waals surface area contributed by atoms with E-state index >= 15 is 0 Å². The maximum Gasteiger partial charge on any atom is 0.267 e. The number of phenols is 1. The lowest BCUT2D eigenvalue weighted by atomic mass is 10.1. The van der Waals surface area contributed by atoms with Gasteiger partial charge < -0.3 is 5.11 Å². The van der Waals surface area contributed by atoms with Gasteiger partial charge in [0, 0.05) is 0 Å². The Morgan fingerprint density at radius 3 is 2.53 bits per heavy atom. The molecular weight excluding hydrogens is 270 g/mol. The fraction of sp³-hybridized carbons (Fsp3) is 0.300. The molecule has 0 aromatic heterocycles. The Morgan fingerprint density at radius 2 is 2.07 bits per heavy atom. The maximum absolute atomic E-state index is 12.4. The molecule has 0 radical (unpaired) electrons. The minimum absolute atomic E-state index is 0.180.